The molecule has 0 aliphatic heterocycles. The second-order valence-corrected chi connectivity index (χ2v) is 13.6. The van der Waals surface area contributed by atoms with Crippen LogP contribution in [0, 0.1) is 0 Å². The predicted octanol–water partition coefficient (Wildman–Crippen LogP) is 7.09. The molecule has 0 amide bonds. The van der Waals surface area contributed by atoms with E-state index in [1.54, 1.807) is 0 Å². The number of rotatable bonds is 53. The third-order valence-electron chi connectivity index (χ3n) is 8.50. The zero-order chi connectivity index (χ0) is 40.2. The van der Waals surface area contributed by atoms with E-state index in [0.29, 0.717) is 159 Å². The third-order valence-corrected chi connectivity index (χ3v) is 8.50. The summed E-state index contributed by atoms with van der Waals surface area (Å²) in [4.78, 5) is 0. The van der Waals surface area contributed by atoms with Gasteiger partial charge in [-0.05, 0) is 12.8 Å². The lowest BCUT2D eigenvalue weighted by Crippen LogP contribution is -2.15. The zero-order valence-electron chi connectivity index (χ0n) is 36.3. The molecular formula is C43H88O13. The van der Waals surface area contributed by atoms with Gasteiger partial charge in [-0.3, -0.25) is 0 Å². The maximum absolute atomic E-state index is 5.66. The van der Waals surface area contributed by atoms with Crippen LogP contribution in [0.3, 0.4) is 0 Å². The number of hydrogen-bond acceptors (Lipinski definition) is 13. The fourth-order valence-electron chi connectivity index (χ4n) is 5.24. The van der Waals surface area contributed by atoms with Crippen molar-refractivity contribution in [2.45, 2.75) is 110 Å². The fraction of sp³-hybridized carbons (Fsp3) is 1.00. The van der Waals surface area contributed by atoms with Gasteiger partial charge in [0.25, 0.3) is 0 Å². The maximum atomic E-state index is 5.66. The first kappa shape index (κ1) is 55.5. The van der Waals surface area contributed by atoms with E-state index < -0.39 is 0 Å². The van der Waals surface area contributed by atoms with Gasteiger partial charge < -0.3 is 61.6 Å². The van der Waals surface area contributed by atoms with Gasteiger partial charge in [-0.25, -0.2) is 0 Å². The quantitative estimate of drug-likeness (QED) is 0.0582. The molecule has 0 aromatic rings. The van der Waals surface area contributed by atoms with E-state index in [4.69, 9.17) is 61.6 Å². The molecule has 0 aliphatic rings. The van der Waals surface area contributed by atoms with Crippen LogP contribution in [-0.4, -0.2) is 172 Å². The molecule has 0 N–H and O–H groups in total. The van der Waals surface area contributed by atoms with Gasteiger partial charge in [-0.2, -0.15) is 0 Å². The molecule has 13 heteroatoms. The Hall–Kier alpha value is -0.520. The van der Waals surface area contributed by atoms with Crippen LogP contribution < -0.4 is 0 Å². The topological polar surface area (TPSA) is 120 Å². The summed E-state index contributed by atoms with van der Waals surface area (Å²) in [5.41, 5.74) is 0. The van der Waals surface area contributed by atoms with Gasteiger partial charge in [0.2, 0.25) is 0 Å². The van der Waals surface area contributed by atoms with E-state index >= 15 is 0 Å². The highest BCUT2D eigenvalue weighted by atomic mass is 16.6. The molecule has 0 rings (SSSR count). The molecule has 0 aromatic heterocycles. The third kappa shape index (κ3) is 53.5. The molecule has 0 radical (unpaired) electrons. The fourth-order valence-corrected chi connectivity index (χ4v) is 5.24. The molecule has 0 spiro atoms. The van der Waals surface area contributed by atoms with Crippen LogP contribution in [0.5, 0.6) is 0 Å². The molecule has 0 saturated carbocycles. The first-order chi connectivity index (χ1) is 27.9. The van der Waals surface area contributed by atoms with Crippen LogP contribution in [-0.2, 0) is 61.6 Å². The Labute approximate surface area is 343 Å². The molecule has 0 fully saturated rings. The lowest BCUT2D eigenvalue weighted by Gasteiger charge is -2.09. The van der Waals surface area contributed by atoms with Crippen molar-refractivity contribution in [2.24, 2.45) is 0 Å². The van der Waals surface area contributed by atoms with Crippen molar-refractivity contribution in [3.05, 3.63) is 0 Å². The Bertz CT molecular complexity index is 611. The van der Waals surface area contributed by atoms with Crippen molar-refractivity contribution >= 4 is 0 Å². The van der Waals surface area contributed by atoms with Crippen molar-refractivity contribution < 1.29 is 61.6 Å². The van der Waals surface area contributed by atoms with Crippen molar-refractivity contribution in [1.82, 2.24) is 0 Å². The van der Waals surface area contributed by atoms with Crippen LogP contribution >= 0.6 is 0 Å². The summed E-state index contributed by atoms with van der Waals surface area (Å²) in [5.74, 6) is 0. The highest BCUT2D eigenvalue weighted by Gasteiger charge is 1.98. The average Bonchev–Trinajstić information content (AvgIpc) is 3.21. The Kier molecular flexibility index (Phi) is 54.0. The van der Waals surface area contributed by atoms with E-state index in [1.807, 2.05) is 0 Å². The van der Waals surface area contributed by atoms with Crippen LogP contribution in [0.15, 0.2) is 0 Å². The summed E-state index contributed by atoms with van der Waals surface area (Å²) in [6.45, 7) is 19.3. The Morgan fingerprint density at radius 3 is 0.429 bits per heavy atom. The summed E-state index contributed by atoms with van der Waals surface area (Å²) in [7, 11) is 0. The second kappa shape index (κ2) is 54.5. The van der Waals surface area contributed by atoms with Crippen molar-refractivity contribution in [3.63, 3.8) is 0 Å². The lowest BCUT2D eigenvalue weighted by atomic mass is 10.1. The molecule has 0 aliphatic carbocycles. The van der Waals surface area contributed by atoms with Gasteiger partial charge in [0.1, 0.15) is 0 Å². The number of ether oxygens (including phenoxy) is 13. The van der Waals surface area contributed by atoms with Gasteiger partial charge in [-0.1, -0.05) is 97.3 Å². The van der Waals surface area contributed by atoms with E-state index in [9.17, 15) is 0 Å². The summed E-state index contributed by atoms with van der Waals surface area (Å²) in [5, 5.41) is 0. The molecule has 0 saturated heterocycles. The van der Waals surface area contributed by atoms with Crippen LogP contribution in [0.1, 0.15) is 110 Å². The monoisotopic (exact) mass is 813 g/mol. The van der Waals surface area contributed by atoms with Gasteiger partial charge in [0, 0.05) is 13.2 Å². The van der Waals surface area contributed by atoms with Crippen LogP contribution in [0.25, 0.3) is 0 Å². The van der Waals surface area contributed by atoms with Crippen molar-refractivity contribution in [1.29, 1.82) is 0 Å². The molecule has 56 heavy (non-hydrogen) atoms. The zero-order valence-corrected chi connectivity index (χ0v) is 36.3. The summed E-state index contributed by atoms with van der Waals surface area (Å²) in [6.07, 6.45) is 19.7. The molecular weight excluding hydrogens is 724 g/mol. The standard InChI is InChI=1S/C43H88O13/c1-3-5-7-9-10-11-12-13-15-17-19-45-21-23-47-25-27-49-29-31-51-33-35-53-37-39-55-41-43-56-42-40-54-38-36-52-34-32-50-30-28-48-26-24-46-22-20-44-18-16-14-8-6-4-2/h3-43H2,1-2H3. The minimum Gasteiger partial charge on any atom is -0.379 e. The van der Waals surface area contributed by atoms with E-state index in [-0.39, 0.29) is 0 Å². The molecule has 338 valence electrons. The SMILES string of the molecule is CCCCCCCCCCCCOCCOCCOCCOCCOCCOCCOCCOCCOCCOCCOCCOCCOCCCCCCC. The average molecular weight is 813 g/mol. The van der Waals surface area contributed by atoms with Gasteiger partial charge >= 0.3 is 0 Å². The van der Waals surface area contributed by atoms with Crippen LogP contribution in [0.4, 0.5) is 0 Å². The van der Waals surface area contributed by atoms with Gasteiger partial charge in [0.15, 0.2) is 0 Å². The maximum Gasteiger partial charge on any atom is 0.0701 e. The summed E-state index contributed by atoms with van der Waals surface area (Å²) >= 11 is 0. The molecule has 0 atom stereocenters. The highest BCUT2D eigenvalue weighted by molar-refractivity contribution is 4.48. The van der Waals surface area contributed by atoms with Gasteiger partial charge in [-0.15, -0.1) is 0 Å². The first-order valence-electron chi connectivity index (χ1n) is 22.4. The van der Waals surface area contributed by atoms with E-state index in [0.717, 1.165) is 26.1 Å². The Balaban J connectivity index is 3.05. The molecule has 0 aromatic carbocycles. The normalized spacial score (nSPS) is 11.7. The number of hydrogen-bond donors (Lipinski definition) is 0. The molecule has 0 bridgehead atoms. The number of unbranched alkanes of at least 4 members (excludes halogenated alkanes) is 13. The van der Waals surface area contributed by atoms with E-state index in [2.05, 4.69) is 13.8 Å². The smallest absolute Gasteiger partial charge is 0.0701 e. The Morgan fingerprint density at radius 2 is 0.268 bits per heavy atom. The first-order valence-corrected chi connectivity index (χ1v) is 22.4. The minimum absolute atomic E-state index is 0.517. The largest absolute Gasteiger partial charge is 0.379 e. The Morgan fingerprint density at radius 1 is 0.143 bits per heavy atom. The summed E-state index contributed by atoms with van der Waals surface area (Å²) < 4.78 is 72.0. The summed E-state index contributed by atoms with van der Waals surface area (Å²) in [6, 6.07) is 0. The highest BCUT2D eigenvalue weighted by Crippen LogP contribution is 2.10. The predicted molar refractivity (Wildman–Crippen MR) is 221 cm³/mol. The van der Waals surface area contributed by atoms with E-state index in [1.165, 1.54) is 83.5 Å². The molecule has 0 unspecified atom stereocenters. The molecule has 13 nitrogen and oxygen atoms in total. The minimum atomic E-state index is 0.517. The molecule has 0 heterocycles. The second-order valence-electron chi connectivity index (χ2n) is 13.6. The van der Waals surface area contributed by atoms with Crippen molar-refractivity contribution in [2.75, 3.05) is 172 Å². The van der Waals surface area contributed by atoms with Crippen molar-refractivity contribution in [3.8, 4) is 0 Å². The van der Waals surface area contributed by atoms with Gasteiger partial charge in [0.05, 0.1) is 159 Å². The lowest BCUT2D eigenvalue weighted by molar-refractivity contribution is -0.0290. The van der Waals surface area contributed by atoms with Crippen LogP contribution in [0.2, 0.25) is 0 Å².